The molecular formula is C24H30N2O3. The van der Waals surface area contributed by atoms with Crippen LogP contribution in [0.15, 0.2) is 30.3 Å². The summed E-state index contributed by atoms with van der Waals surface area (Å²) < 4.78 is 11.6. The van der Waals surface area contributed by atoms with Gasteiger partial charge in [0.25, 0.3) is 0 Å². The highest BCUT2D eigenvalue weighted by Crippen LogP contribution is 2.43. The maximum absolute atomic E-state index is 12.6. The minimum absolute atomic E-state index is 0.235. The SMILES string of the molecule is Cc1cccc(-c2c3c(cc4c2NCCO4)CCN(C(=O)OC(C)(C)C)CC3)c1. The first-order valence-electron chi connectivity index (χ1n) is 10.4. The van der Waals surface area contributed by atoms with E-state index in [1.54, 1.807) is 0 Å². The number of nitrogens with one attached hydrogen (secondary N) is 1. The van der Waals surface area contributed by atoms with Gasteiger partial charge in [-0.2, -0.15) is 0 Å². The largest absolute Gasteiger partial charge is 0.490 e. The van der Waals surface area contributed by atoms with E-state index in [0.29, 0.717) is 19.7 Å². The highest BCUT2D eigenvalue weighted by Gasteiger charge is 2.28. The molecule has 2 aromatic carbocycles. The van der Waals surface area contributed by atoms with Crippen LogP contribution in [0.1, 0.15) is 37.5 Å². The summed E-state index contributed by atoms with van der Waals surface area (Å²) >= 11 is 0. The number of hydrogen-bond donors (Lipinski definition) is 1. The van der Waals surface area contributed by atoms with E-state index in [2.05, 4.69) is 42.6 Å². The van der Waals surface area contributed by atoms with Gasteiger partial charge >= 0.3 is 6.09 Å². The minimum atomic E-state index is -0.486. The molecule has 0 spiro atoms. The molecule has 0 unspecified atom stereocenters. The minimum Gasteiger partial charge on any atom is -0.490 e. The van der Waals surface area contributed by atoms with Crippen LogP contribution >= 0.6 is 0 Å². The second-order valence-corrected chi connectivity index (χ2v) is 8.87. The number of benzene rings is 2. The number of fused-ring (bicyclic) bond motifs is 2. The number of carbonyl (C=O) groups excluding carboxylic acids is 1. The molecule has 0 bridgehead atoms. The lowest BCUT2D eigenvalue weighted by Crippen LogP contribution is -2.38. The third-order valence-electron chi connectivity index (χ3n) is 5.39. The summed E-state index contributed by atoms with van der Waals surface area (Å²) in [5, 5.41) is 3.55. The normalized spacial score (nSPS) is 16.1. The van der Waals surface area contributed by atoms with Crippen molar-refractivity contribution in [3.63, 3.8) is 0 Å². The van der Waals surface area contributed by atoms with Crippen molar-refractivity contribution in [2.45, 2.75) is 46.1 Å². The Hall–Kier alpha value is -2.69. The molecule has 0 fully saturated rings. The van der Waals surface area contributed by atoms with Crippen LogP contribution in [-0.4, -0.2) is 42.8 Å². The third-order valence-corrected chi connectivity index (χ3v) is 5.39. The van der Waals surface area contributed by atoms with Crippen LogP contribution in [0.25, 0.3) is 11.1 Å². The molecule has 154 valence electrons. The van der Waals surface area contributed by atoms with Gasteiger partial charge in [-0.1, -0.05) is 29.8 Å². The van der Waals surface area contributed by atoms with Gasteiger partial charge in [-0.3, -0.25) is 0 Å². The van der Waals surface area contributed by atoms with Crippen LogP contribution < -0.4 is 10.1 Å². The Morgan fingerprint density at radius 2 is 1.97 bits per heavy atom. The Morgan fingerprint density at radius 3 is 2.72 bits per heavy atom. The highest BCUT2D eigenvalue weighted by molar-refractivity contribution is 5.87. The van der Waals surface area contributed by atoms with Gasteiger partial charge in [0.05, 0.1) is 5.69 Å². The van der Waals surface area contributed by atoms with Crippen molar-refractivity contribution in [1.82, 2.24) is 4.90 Å². The monoisotopic (exact) mass is 394 g/mol. The second-order valence-electron chi connectivity index (χ2n) is 8.87. The summed E-state index contributed by atoms with van der Waals surface area (Å²) in [5.41, 5.74) is 6.79. The lowest BCUT2D eigenvalue weighted by molar-refractivity contribution is 0.0258. The molecule has 0 saturated carbocycles. The first-order chi connectivity index (χ1) is 13.8. The summed E-state index contributed by atoms with van der Waals surface area (Å²) in [6.45, 7) is 10.6. The zero-order valence-corrected chi connectivity index (χ0v) is 17.8. The van der Waals surface area contributed by atoms with Crippen molar-refractivity contribution >= 4 is 11.8 Å². The van der Waals surface area contributed by atoms with E-state index in [-0.39, 0.29) is 6.09 Å². The topological polar surface area (TPSA) is 50.8 Å². The molecule has 0 saturated heterocycles. The van der Waals surface area contributed by atoms with Gasteiger partial charge in [-0.25, -0.2) is 4.79 Å². The van der Waals surface area contributed by atoms with Crippen LogP contribution in [0.3, 0.4) is 0 Å². The van der Waals surface area contributed by atoms with Gasteiger partial charge < -0.3 is 19.7 Å². The first-order valence-corrected chi connectivity index (χ1v) is 10.4. The van der Waals surface area contributed by atoms with Crippen LogP contribution in [0, 0.1) is 6.92 Å². The smallest absolute Gasteiger partial charge is 0.410 e. The van der Waals surface area contributed by atoms with Crippen LogP contribution in [0.4, 0.5) is 10.5 Å². The lowest BCUT2D eigenvalue weighted by atomic mass is 9.89. The van der Waals surface area contributed by atoms with Gasteiger partial charge in [-0.05, 0) is 63.3 Å². The lowest BCUT2D eigenvalue weighted by Gasteiger charge is -2.26. The van der Waals surface area contributed by atoms with Crippen molar-refractivity contribution in [2.24, 2.45) is 0 Å². The molecule has 1 N–H and O–H groups in total. The van der Waals surface area contributed by atoms with E-state index in [9.17, 15) is 4.79 Å². The summed E-state index contributed by atoms with van der Waals surface area (Å²) in [4.78, 5) is 14.5. The van der Waals surface area contributed by atoms with E-state index >= 15 is 0 Å². The van der Waals surface area contributed by atoms with Crippen molar-refractivity contribution in [3.8, 4) is 16.9 Å². The molecule has 0 atom stereocenters. The van der Waals surface area contributed by atoms with E-state index in [0.717, 1.165) is 30.8 Å². The summed E-state index contributed by atoms with van der Waals surface area (Å²) in [6.07, 6.45) is 1.36. The van der Waals surface area contributed by atoms with Gasteiger partial charge in [0.1, 0.15) is 18.0 Å². The van der Waals surface area contributed by atoms with E-state index in [1.807, 2.05) is 25.7 Å². The van der Waals surface area contributed by atoms with Crippen molar-refractivity contribution in [2.75, 3.05) is 31.6 Å². The predicted molar refractivity (Wildman–Crippen MR) is 116 cm³/mol. The number of amides is 1. The van der Waals surface area contributed by atoms with Crippen molar-refractivity contribution < 1.29 is 14.3 Å². The molecule has 0 aliphatic carbocycles. The number of carbonyl (C=O) groups is 1. The van der Waals surface area contributed by atoms with Gasteiger partial charge in [0.15, 0.2) is 0 Å². The number of anilines is 1. The molecule has 2 aliphatic rings. The van der Waals surface area contributed by atoms with Gasteiger partial charge in [-0.15, -0.1) is 0 Å². The fourth-order valence-corrected chi connectivity index (χ4v) is 4.13. The number of rotatable bonds is 1. The van der Waals surface area contributed by atoms with E-state index in [1.165, 1.54) is 27.8 Å². The molecule has 29 heavy (non-hydrogen) atoms. The average Bonchev–Trinajstić information content (AvgIpc) is 2.87. The van der Waals surface area contributed by atoms with Crippen LogP contribution in [-0.2, 0) is 17.6 Å². The van der Waals surface area contributed by atoms with Gasteiger partial charge in [0, 0.05) is 25.2 Å². The number of hydrogen-bond acceptors (Lipinski definition) is 4. The van der Waals surface area contributed by atoms with E-state index in [4.69, 9.17) is 9.47 Å². The Kier molecular flexibility index (Phi) is 5.15. The molecule has 1 amide bonds. The highest BCUT2D eigenvalue weighted by atomic mass is 16.6. The molecule has 2 aromatic rings. The fourth-order valence-electron chi connectivity index (χ4n) is 4.13. The predicted octanol–water partition coefficient (Wildman–Crippen LogP) is 4.80. The number of nitrogens with zero attached hydrogens (tertiary/aromatic N) is 1. The molecule has 2 aliphatic heterocycles. The van der Waals surface area contributed by atoms with Crippen molar-refractivity contribution in [1.29, 1.82) is 0 Å². The Morgan fingerprint density at radius 1 is 1.17 bits per heavy atom. The molecular weight excluding hydrogens is 364 g/mol. The Labute approximate surface area is 173 Å². The summed E-state index contributed by atoms with van der Waals surface area (Å²) in [6, 6.07) is 10.8. The van der Waals surface area contributed by atoms with Crippen LogP contribution in [0.5, 0.6) is 5.75 Å². The van der Waals surface area contributed by atoms with Crippen molar-refractivity contribution in [3.05, 3.63) is 47.0 Å². The quantitative estimate of drug-likeness (QED) is 0.755. The number of aryl methyl sites for hydroxylation is 1. The zero-order chi connectivity index (χ0) is 20.6. The molecule has 0 radical (unpaired) electrons. The maximum atomic E-state index is 12.6. The zero-order valence-electron chi connectivity index (χ0n) is 17.8. The molecule has 0 aromatic heterocycles. The first kappa shape index (κ1) is 19.6. The van der Waals surface area contributed by atoms with E-state index < -0.39 is 5.60 Å². The molecule has 5 nitrogen and oxygen atoms in total. The standard InChI is InChI=1S/C24H30N2O3/c1-16-6-5-7-18(14-16)21-19-9-12-26(23(27)29-24(2,3)4)11-8-17(19)15-20-22(21)25-10-13-28-20/h5-7,14-15,25H,8-13H2,1-4H3. The third kappa shape index (κ3) is 4.19. The molecule has 2 heterocycles. The fraction of sp³-hybridized carbons (Fsp3) is 0.458. The van der Waals surface area contributed by atoms with Crippen LogP contribution in [0.2, 0.25) is 0 Å². The molecule has 5 heteroatoms. The molecule has 4 rings (SSSR count). The Bertz CT molecular complexity index is 930. The second kappa shape index (κ2) is 7.62. The Balaban J connectivity index is 1.73. The average molecular weight is 395 g/mol. The van der Waals surface area contributed by atoms with Gasteiger partial charge in [0.2, 0.25) is 0 Å². The maximum Gasteiger partial charge on any atom is 0.410 e. The summed E-state index contributed by atoms with van der Waals surface area (Å²) in [5.74, 6) is 0.914. The summed E-state index contributed by atoms with van der Waals surface area (Å²) in [7, 11) is 0. The number of ether oxygens (including phenoxy) is 2.